The Kier molecular flexibility index (Phi) is 4.84. The first-order valence-electron chi connectivity index (χ1n) is 6.43. The molecule has 1 saturated heterocycles. The van der Waals surface area contributed by atoms with Gasteiger partial charge in [-0.05, 0) is 12.0 Å². The van der Waals surface area contributed by atoms with Crippen LogP contribution < -0.4 is 5.32 Å². The van der Waals surface area contributed by atoms with Crippen LogP contribution in [-0.4, -0.2) is 35.7 Å². The van der Waals surface area contributed by atoms with Crippen LogP contribution in [0.1, 0.15) is 19.4 Å². The largest absolute Gasteiger partial charge is 0.396 e. The molecule has 1 aliphatic heterocycles. The number of amides is 2. The minimum atomic E-state index is -0.222. The quantitative estimate of drug-likeness (QED) is 0.890. The Morgan fingerprint density at radius 2 is 2.35 bits per heavy atom. The molecule has 2 amide bonds. The SMILES string of the molecule is CC1CN(C(=O)NCc2cc(Cl)sc2Cl)CC1(C)CO. The number of thiophene rings is 1. The molecule has 1 aromatic heterocycles. The first kappa shape index (κ1) is 15.9. The molecule has 0 aromatic carbocycles. The fourth-order valence-electron chi connectivity index (χ4n) is 2.35. The molecule has 0 bridgehead atoms. The second kappa shape index (κ2) is 6.10. The normalized spacial score (nSPS) is 26.1. The summed E-state index contributed by atoms with van der Waals surface area (Å²) in [6, 6.07) is 1.63. The highest BCUT2D eigenvalue weighted by atomic mass is 35.5. The number of halogens is 2. The van der Waals surface area contributed by atoms with Gasteiger partial charge in [-0.3, -0.25) is 0 Å². The van der Waals surface area contributed by atoms with E-state index >= 15 is 0 Å². The first-order valence-corrected chi connectivity index (χ1v) is 8.00. The number of likely N-dealkylation sites (tertiary alicyclic amines) is 1. The van der Waals surface area contributed by atoms with E-state index < -0.39 is 0 Å². The molecule has 7 heteroatoms. The van der Waals surface area contributed by atoms with Crippen molar-refractivity contribution in [2.45, 2.75) is 20.4 Å². The second-order valence-corrected chi connectivity index (χ2v) is 7.89. The van der Waals surface area contributed by atoms with Crippen LogP contribution in [0.5, 0.6) is 0 Å². The lowest BCUT2D eigenvalue weighted by atomic mass is 9.82. The van der Waals surface area contributed by atoms with Gasteiger partial charge < -0.3 is 15.3 Å². The molecule has 0 saturated carbocycles. The van der Waals surface area contributed by atoms with Crippen LogP contribution in [0, 0.1) is 11.3 Å². The number of aliphatic hydroxyl groups excluding tert-OH is 1. The molecule has 4 nitrogen and oxygen atoms in total. The molecule has 20 heavy (non-hydrogen) atoms. The summed E-state index contributed by atoms with van der Waals surface area (Å²) in [6.45, 7) is 5.72. The van der Waals surface area contributed by atoms with E-state index in [1.165, 1.54) is 11.3 Å². The van der Waals surface area contributed by atoms with Crippen LogP contribution in [0.4, 0.5) is 4.79 Å². The van der Waals surface area contributed by atoms with E-state index in [4.69, 9.17) is 23.2 Å². The number of carbonyl (C=O) groups excluding carboxylic acids is 1. The number of rotatable bonds is 3. The molecule has 0 spiro atoms. The number of nitrogens with one attached hydrogen (secondary N) is 1. The van der Waals surface area contributed by atoms with Crippen molar-refractivity contribution in [1.29, 1.82) is 0 Å². The summed E-state index contributed by atoms with van der Waals surface area (Å²) in [5.74, 6) is 0.275. The highest BCUT2D eigenvalue weighted by Gasteiger charge is 2.41. The predicted molar refractivity (Wildman–Crippen MR) is 82.5 cm³/mol. The fraction of sp³-hybridized carbons (Fsp3) is 0.615. The van der Waals surface area contributed by atoms with Crippen LogP contribution in [0.2, 0.25) is 8.67 Å². The minimum absolute atomic E-state index is 0.0872. The third kappa shape index (κ3) is 3.22. The number of carbonyl (C=O) groups is 1. The zero-order chi connectivity index (χ0) is 14.9. The van der Waals surface area contributed by atoms with Crippen LogP contribution in [0.15, 0.2) is 6.07 Å². The van der Waals surface area contributed by atoms with Crippen LogP contribution in [0.3, 0.4) is 0 Å². The van der Waals surface area contributed by atoms with Gasteiger partial charge in [0.25, 0.3) is 0 Å². The van der Waals surface area contributed by atoms with E-state index in [2.05, 4.69) is 12.2 Å². The van der Waals surface area contributed by atoms with E-state index in [0.717, 1.165) is 5.56 Å². The predicted octanol–water partition coefficient (Wildman–Crippen LogP) is 3.21. The highest BCUT2D eigenvalue weighted by Crippen LogP contribution is 2.35. The second-order valence-electron chi connectivity index (χ2n) is 5.60. The summed E-state index contributed by atoms with van der Waals surface area (Å²) in [4.78, 5) is 13.9. The molecular formula is C13H18Cl2N2O2S. The van der Waals surface area contributed by atoms with E-state index in [1.54, 1.807) is 11.0 Å². The first-order chi connectivity index (χ1) is 9.35. The molecule has 0 radical (unpaired) electrons. The average molecular weight is 337 g/mol. The number of nitrogens with zero attached hydrogens (tertiary/aromatic N) is 1. The Bertz CT molecular complexity index is 509. The average Bonchev–Trinajstić information content (AvgIpc) is 2.88. The minimum Gasteiger partial charge on any atom is -0.396 e. The Labute approximate surface area is 132 Å². The number of aliphatic hydroxyl groups is 1. The van der Waals surface area contributed by atoms with Crippen LogP contribution >= 0.6 is 34.5 Å². The van der Waals surface area contributed by atoms with Gasteiger partial charge in [0.05, 0.1) is 15.3 Å². The topological polar surface area (TPSA) is 52.6 Å². The Morgan fingerprint density at radius 1 is 1.65 bits per heavy atom. The summed E-state index contributed by atoms with van der Waals surface area (Å²) in [5, 5.41) is 12.3. The van der Waals surface area contributed by atoms with Gasteiger partial charge in [-0.1, -0.05) is 37.0 Å². The molecular weight excluding hydrogens is 319 g/mol. The van der Waals surface area contributed by atoms with Crippen molar-refractivity contribution in [3.8, 4) is 0 Å². The van der Waals surface area contributed by atoms with Crippen molar-refractivity contribution in [2.24, 2.45) is 11.3 Å². The van der Waals surface area contributed by atoms with Gasteiger partial charge in [-0.25, -0.2) is 4.79 Å². The molecule has 1 aromatic rings. The third-order valence-corrected chi connectivity index (χ3v) is 5.61. The molecule has 2 unspecified atom stereocenters. The summed E-state index contributed by atoms with van der Waals surface area (Å²) >= 11 is 13.2. The van der Waals surface area contributed by atoms with Gasteiger partial charge in [0.15, 0.2) is 0 Å². The molecule has 1 aliphatic rings. The number of urea groups is 1. The van der Waals surface area contributed by atoms with Crippen molar-refractivity contribution < 1.29 is 9.90 Å². The molecule has 1 fully saturated rings. The Hall–Kier alpha value is -0.490. The number of hydrogen-bond donors (Lipinski definition) is 2. The van der Waals surface area contributed by atoms with E-state index in [9.17, 15) is 9.90 Å². The Balaban J connectivity index is 1.92. The fourth-order valence-corrected chi connectivity index (χ4v) is 3.83. The molecule has 112 valence electrons. The molecule has 2 N–H and O–H groups in total. The monoisotopic (exact) mass is 336 g/mol. The lowest BCUT2D eigenvalue weighted by Gasteiger charge is -2.25. The van der Waals surface area contributed by atoms with Gasteiger partial charge >= 0.3 is 6.03 Å². The summed E-state index contributed by atoms with van der Waals surface area (Å²) in [7, 11) is 0. The number of hydrogen-bond acceptors (Lipinski definition) is 3. The maximum atomic E-state index is 12.1. The van der Waals surface area contributed by atoms with Crippen LogP contribution in [-0.2, 0) is 6.54 Å². The molecule has 0 aliphatic carbocycles. The molecule has 2 heterocycles. The summed E-state index contributed by atoms with van der Waals surface area (Å²) < 4.78 is 1.21. The molecule has 2 atom stereocenters. The van der Waals surface area contributed by atoms with Crippen molar-refractivity contribution in [2.75, 3.05) is 19.7 Å². The van der Waals surface area contributed by atoms with Gasteiger partial charge in [0, 0.05) is 30.6 Å². The summed E-state index contributed by atoms with van der Waals surface area (Å²) in [5.41, 5.74) is 0.605. The van der Waals surface area contributed by atoms with Crippen molar-refractivity contribution >= 4 is 40.6 Å². The van der Waals surface area contributed by atoms with Gasteiger partial charge in [0.2, 0.25) is 0 Å². The standard InChI is InChI=1S/C13H18Cl2N2O2S/c1-8-5-17(6-13(8,2)7-18)12(19)16-4-9-3-10(14)20-11(9)15/h3,8,18H,4-7H2,1-2H3,(H,16,19). The molecule has 2 rings (SSSR count). The smallest absolute Gasteiger partial charge is 0.317 e. The van der Waals surface area contributed by atoms with E-state index in [0.29, 0.717) is 28.3 Å². The van der Waals surface area contributed by atoms with Crippen molar-refractivity contribution in [3.63, 3.8) is 0 Å². The zero-order valence-electron chi connectivity index (χ0n) is 11.4. The van der Waals surface area contributed by atoms with Gasteiger partial charge in [0.1, 0.15) is 0 Å². The van der Waals surface area contributed by atoms with E-state index in [1.807, 2.05) is 6.92 Å². The lowest BCUT2D eigenvalue weighted by Crippen LogP contribution is -2.39. The Morgan fingerprint density at radius 3 is 2.85 bits per heavy atom. The van der Waals surface area contributed by atoms with E-state index in [-0.39, 0.29) is 24.0 Å². The third-order valence-electron chi connectivity index (χ3n) is 4.04. The van der Waals surface area contributed by atoms with Gasteiger partial charge in [-0.15, -0.1) is 11.3 Å². The maximum absolute atomic E-state index is 12.1. The summed E-state index contributed by atoms with van der Waals surface area (Å²) in [6.07, 6.45) is 0. The van der Waals surface area contributed by atoms with Gasteiger partial charge in [-0.2, -0.15) is 0 Å². The zero-order valence-corrected chi connectivity index (χ0v) is 13.8. The van der Waals surface area contributed by atoms with Crippen molar-refractivity contribution in [3.05, 3.63) is 20.3 Å². The maximum Gasteiger partial charge on any atom is 0.317 e. The van der Waals surface area contributed by atoms with Crippen LogP contribution in [0.25, 0.3) is 0 Å². The lowest BCUT2D eigenvalue weighted by molar-refractivity contribution is 0.119. The van der Waals surface area contributed by atoms with Crippen molar-refractivity contribution in [1.82, 2.24) is 10.2 Å². The highest BCUT2D eigenvalue weighted by molar-refractivity contribution is 7.20.